The maximum atomic E-state index is 11.8. The summed E-state index contributed by atoms with van der Waals surface area (Å²) in [6, 6.07) is 7.57. The van der Waals surface area contributed by atoms with E-state index in [1.165, 1.54) is 6.92 Å². The van der Waals surface area contributed by atoms with E-state index in [-0.39, 0.29) is 12.3 Å². The Kier molecular flexibility index (Phi) is 7.48. The number of carbonyl (C=O) groups excluding carboxylic acids is 2. The van der Waals surface area contributed by atoms with Gasteiger partial charge in [0.1, 0.15) is 5.75 Å². The summed E-state index contributed by atoms with van der Waals surface area (Å²) in [5, 5.41) is 13.5. The van der Waals surface area contributed by atoms with Crippen molar-refractivity contribution in [2.45, 2.75) is 27.3 Å². The van der Waals surface area contributed by atoms with Crippen molar-refractivity contribution < 1.29 is 19.1 Å². The second kappa shape index (κ2) is 9.34. The van der Waals surface area contributed by atoms with Crippen LogP contribution >= 0.6 is 0 Å². The molecule has 0 bridgehead atoms. The Morgan fingerprint density at radius 2 is 1.75 bits per heavy atom. The molecule has 130 valence electrons. The van der Waals surface area contributed by atoms with Gasteiger partial charge in [-0.3, -0.25) is 9.59 Å². The molecule has 0 aliphatic rings. The van der Waals surface area contributed by atoms with Gasteiger partial charge in [-0.15, -0.1) is 0 Å². The number of allylic oxidation sites excluding steroid dienone is 2. The highest BCUT2D eigenvalue weighted by molar-refractivity contribution is 6.00. The van der Waals surface area contributed by atoms with Crippen LogP contribution in [0.1, 0.15) is 26.3 Å². The Labute approximate surface area is 141 Å². The maximum absolute atomic E-state index is 11.8. The minimum Gasteiger partial charge on any atom is -0.497 e. The molecule has 0 heterocycles. The topological polar surface area (TPSA) is 101 Å². The first kappa shape index (κ1) is 19.2. The zero-order valence-corrected chi connectivity index (χ0v) is 14.4. The number of benzene rings is 1. The number of hydrogen-bond acceptors (Lipinski definition) is 6. The summed E-state index contributed by atoms with van der Waals surface area (Å²) in [5.74, 6) is -0.242. The lowest BCUT2D eigenvalue weighted by Gasteiger charge is -2.15. The smallest absolute Gasteiger partial charge is 0.303 e. The molecule has 0 aromatic heterocycles. The second-order valence-corrected chi connectivity index (χ2v) is 5.16. The SMILES string of the molecule is COc1ccc(CN/C(C)=C(/NC(=O)COC(C)=O)C(C)=N)cc1. The van der Waals surface area contributed by atoms with Crippen LogP contribution in [0.25, 0.3) is 0 Å². The highest BCUT2D eigenvalue weighted by Crippen LogP contribution is 2.11. The molecule has 0 fully saturated rings. The molecule has 0 spiro atoms. The average Bonchev–Trinajstić information content (AvgIpc) is 2.55. The molecule has 0 radical (unpaired) electrons. The summed E-state index contributed by atoms with van der Waals surface area (Å²) >= 11 is 0. The fourth-order valence-electron chi connectivity index (χ4n) is 1.88. The second-order valence-electron chi connectivity index (χ2n) is 5.16. The van der Waals surface area contributed by atoms with Crippen LogP contribution in [0.5, 0.6) is 5.75 Å². The Morgan fingerprint density at radius 3 is 2.25 bits per heavy atom. The van der Waals surface area contributed by atoms with E-state index in [0.717, 1.165) is 11.3 Å². The summed E-state index contributed by atoms with van der Waals surface area (Å²) in [6.45, 7) is 4.72. The highest BCUT2D eigenvalue weighted by Gasteiger charge is 2.11. The monoisotopic (exact) mass is 333 g/mol. The van der Waals surface area contributed by atoms with Crippen molar-refractivity contribution in [1.29, 1.82) is 5.41 Å². The van der Waals surface area contributed by atoms with E-state index in [2.05, 4.69) is 15.4 Å². The lowest BCUT2D eigenvalue weighted by atomic mass is 10.2. The third-order valence-electron chi connectivity index (χ3n) is 3.14. The number of esters is 1. The average molecular weight is 333 g/mol. The van der Waals surface area contributed by atoms with Gasteiger partial charge in [0, 0.05) is 19.2 Å². The van der Waals surface area contributed by atoms with Crippen LogP contribution in [0, 0.1) is 5.41 Å². The van der Waals surface area contributed by atoms with Gasteiger partial charge >= 0.3 is 5.97 Å². The minimum atomic E-state index is -0.531. The molecule has 1 aromatic carbocycles. The molecule has 0 unspecified atom stereocenters. The van der Waals surface area contributed by atoms with Crippen molar-refractivity contribution >= 4 is 17.6 Å². The van der Waals surface area contributed by atoms with E-state index in [4.69, 9.17) is 10.1 Å². The number of methoxy groups -OCH3 is 1. The quantitative estimate of drug-likeness (QED) is 0.497. The van der Waals surface area contributed by atoms with Gasteiger partial charge in [0.2, 0.25) is 0 Å². The number of nitrogens with one attached hydrogen (secondary N) is 3. The first-order valence-electron chi connectivity index (χ1n) is 7.40. The summed E-state index contributed by atoms with van der Waals surface area (Å²) in [7, 11) is 1.61. The molecule has 7 nitrogen and oxygen atoms in total. The van der Waals surface area contributed by atoms with E-state index in [9.17, 15) is 9.59 Å². The summed E-state index contributed by atoms with van der Waals surface area (Å²) in [4.78, 5) is 22.5. The van der Waals surface area contributed by atoms with Crippen molar-refractivity contribution in [3.05, 3.63) is 41.2 Å². The number of carbonyl (C=O) groups is 2. The molecule has 0 saturated heterocycles. The molecule has 1 aromatic rings. The van der Waals surface area contributed by atoms with Crippen molar-refractivity contribution in [3.63, 3.8) is 0 Å². The molecule has 1 rings (SSSR count). The van der Waals surface area contributed by atoms with E-state index in [1.54, 1.807) is 21.0 Å². The van der Waals surface area contributed by atoms with Crippen LogP contribution in [-0.4, -0.2) is 31.3 Å². The molecule has 0 aliphatic heterocycles. The van der Waals surface area contributed by atoms with Gasteiger partial charge in [-0.25, -0.2) is 0 Å². The normalized spacial score (nSPS) is 11.2. The first-order chi connectivity index (χ1) is 11.3. The van der Waals surface area contributed by atoms with Crippen LogP contribution in [0.15, 0.2) is 35.7 Å². The molecular weight excluding hydrogens is 310 g/mol. The molecule has 0 atom stereocenters. The van der Waals surface area contributed by atoms with Gasteiger partial charge in [0.05, 0.1) is 18.5 Å². The zero-order chi connectivity index (χ0) is 18.1. The Balaban J connectivity index is 2.70. The van der Waals surface area contributed by atoms with Gasteiger partial charge in [-0.1, -0.05) is 12.1 Å². The third-order valence-corrected chi connectivity index (χ3v) is 3.14. The van der Waals surface area contributed by atoms with Crippen molar-refractivity contribution in [1.82, 2.24) is 10.6 Å². The van der Waals surface area contributed by atoms with Crippen molar-refractivity contribution in [2.24, 2.45) is 0 Å². The van der Waals surface area contributed by atoms with Crippen LogP contribution in [0.3, 0.4) is 0 Å². The zero-order valence-electron chi connectivity index (χ0n) is 14.4. The maximum Gasteiger partial charge on any atom is 0.303 e. The molecule has 7 heteroatoms. The lowest BCUT2D eigenvalue weighted by Crippen LogP contribution is -2.33. The van der Waals surface area contributed by atoms with Crippen LogP contribution < -0.4 is 15.4 Å². The molecule has 3 N–H and O–H groups in total. The van der Waals surface area contributed by atoms with Crippen LogP contribution in [-0.2, 0) is 20.9 Å². The van der Waals surface area contributed by atoms with Crippen molar-refractivity contribution in [2.75, 3.05) is 13.7 Å². The van der Waals surface area contributed by atoms with Crippen LogP contribution in [0.2, 0.25) is 0 Å². The minimum absolute atomic E-state index is 0.200. The number of amides is 1. The molecular formula is C17H23N3O4. The standard InChI is InChI=1S/C17H23N3O4/c1-11(18)17(20-16(22)10-24-13(3)21)12(2)19-9-14-5-7-15(23-4)8-6-14/h5-8,18-19H,9-10H2,1-4H3,(H,20,22)/b17-12+,18-11?. The third kappa shape index (κ3) is 6.51. The Morgan fingerprint density at radius 1 is 1.12 bits per heavy atom. The lowest BCUT2D eigenvalue weighted by molar-refractivity contribution is -0.146. The van der Waals surface area contributed by atoms with E-state index in [0.29, 0.717) is 17.9 Å². The summed E-state index contributed by atoms with van der Waals surface area (Å²) in [6.07, 6.45) is 0. The Bertz CT molecular complexity index is 636. The van der Waals surface area contributed by atoms with Gasteiger partial charge in [-0.2, -0.15) is 0 Å². The van der Waals surface area contributed by atoms with E-state index < -0.39 is 11.9 Å². The van der Waals surface area contributed by atoms with Gasteiger partial charge < -0.3 is 25.5 Å². The first-order valence-corrected chi connectivity index (χ1v) is 7.40. The molecule has 24 heavy (non-hydrogen) atoms. The summed E-state index contributed by atoms with van der Waals surface area (Å²) < 4.78 is 9.75. The predicted molar refractivity (Wildman–Crippen MR) is 90.7 cm³/mol. The van der Waals surface area contributed by atoms with E-state index >= 15 is 0 Å². The fraction of sp³-hybridized carbons (Fsp3) is 0.353. The Hall–Kier alpha value is -2.83. The van der Waals surface area contributed by atoms with E-state index in [1.807, 2.05) is 24.3 Å². The van der Waals surface area contributed by atoms with Gasteiger partial charge in [-0.05, 0) is 31.5 Å². The van der Waals surface area contributed by atoms with Crippen molar-refractivity contribution in [3.8, 4) is 5.75 Å². The molecule has 0 saturated carbocycles. The fourth-order valence-corrected chi connectivity index (χ4v) is 1.88. The van der Waals surface area contributed by atoms with Gasteiger partial charge in [0.15, 0.2) is 6.61 Å². The molecule has 0 aliphatic carbocycles. The van der Waals surface area contributed by atoms with Gasteiger partial charge in [0.25, 0.3) is 5.91 Å². The van der Waals surface area contributed by atoms with Crippen LogP contribution in [0.4, 0.5) is 0 Å². The highest BCUT2D eigenvalue weighted by atomic mass is 16.5. The number of rotatable bonds is 8. The molecule has 1 amide bonds. The largest absolute Gasteiger partial charge is 0.497 e. The number of hydrogen-bond donors (Lipinski definition) is 3. The number of ether oxygens (including phenoxy) is 2. The predicted octanol–water partition coefficient (Wildman–Crippen LogP) is 1.74. The summed E-state index contributed by atoms with van der Waals surface area (Å²) in [5.41, 5.74) is 2.24.